The van der Waals surface area contributed by atoms with Crippen molar-refractivity contribution in [3.05, 3.63) is 264 Å². The van der Waals surface area contributed by atoms with Crippen LogP contribution in [0, 0.1) is 0 Å². The van der Waals surface area contributed by atoms with Gasteiger partial charge < -0.3 is 52.1 Å². The van der Waals surface area contributed by atoms with Gasteiger partial charge in [0.05, 0.1) is 66.1 Å². The maximum absolute atomic E-state index is 7.55. The average molecular weight is 1010 g/mol. The van der Waals surface area contributed by atoms with Crippen LogP contribution >= 0.6 is 0 Å². The van der Waals surface area contributed by atoms with Crippen LogP contribution in [-0.4, -0.2) is 81.2 Å². The van der Waals surface area contributed by atoms with Gasteiger partial charge in [-0.15, -0.1) is 6.58 Å². The van der Waals surface area contributed by atoms with Gasteiger partial charge in [-0.3, -0.25) is 0 Å². The van der Waals surface area contributed by atoms with E-state index in [1.165, 1.54) is 0 Å². The Balaban J connectivity index is 1.12. The fourth-order valence-electron chi connectivity index (χ4n) is 9.25. The first kappa shape index (κ1) is 53.7. The Morgan fingerprint density at radius 3 is 0.947 bits per heavy atom. The molecule has 9 rings (SSSR count). The van der Waals surface area contributed by atoms with Gasteiger partial charge in [-0.25, -0.2) is 0 Å². The maximum Gasteiger partial charge on any atom is 0.187 e. The molecule has 0 aromatic heterocycles. The average Bonchev–Trinajstić information content (AvgIpc) is 3.47. The molecule has 11 heteroatoms. The summed E-state index contributed by atoms with van der Waals surface area (Å²) < 4.78 is 76.6. The van der Waals surface area contributed by atoms with Gasteiger partial charge in [0.1, 0.15) is 48.8 Å². The summed E-state index contributed by atoms with van der Waals surface area (Å²) in [6.07, 6.45) is -6.66. The summed E-state index contributed by atoms with van der Waals surface area (Å²) >= 11 is 0. The van der Waals surface area contributed by atoms with Crippen molar-refractivity contribution in [1.29, 1.82) is 0 Å². The second-order valence-corrected chi connectivity index (χ2v) is 18.6. The van der Waals surface area contributed by atoms with Crippen LogP contribution in [0.4, 0.5) is 0 Å². The van der Waals surface area contributed by atoms with Gasteiger partial charge in [0.15, 0.2) is 12.6 Å². The van der Waals surface area contributed by atoms with E-state index in [-0.39, 0.29) is 52.9 Å². The zero-order valence-electron chi connectivity index (χ0n) is 42.3. The van der Waals surface area contributed by atoms with Crippen molar-refractivity contribution < 1.29 is 52.1 Å². The Hall–Kier alpha value is -6.16. The van der Waals surface area contributed by atoms with E-state index in [0.717, 1.165) is 38.9 Å². The molecule has 2 heterocycles. The first-order chi connectivity index (χ1) is 37.2. The summed E-state index contributed by atoms with van der Waals surface area (Å²) in [7, 11) is 0. The summed E-state index contributed by atoms with van der Waals surface area (Å²) in [6, 6.07) is 70.3. The van der Waals surface area contributed by atoms with Crippen LogP contribution in [0.15, 0.2) is 225 Å². The summed E-state index contributed by atoms with van der Waals surface area (Å²) in [5.74, 6) is 0. The highest BCUT2D eigenvalue weighted by Crippen LogP contribution is 2.37. The summed E-state index contributed by atoms with van der Waals surface area (Å²) in [5, 5.41) is 0. The number of rotatable bonds is 28. The van der Waals surface area contributed by atoms with Crippen molar-refractivity contribution in [2.24, 2.45) is 0 Å². The zero-order valence-corrected chi connectivity index (χ0v) is 42.3. The summed E-state index contributed by atoms with van der Waals surface area (Å²) in [6.45, 7) is 6.32. The molecule has 0 unspecified atom stereocenters. The molecule has 0 bridgehead atoms. The molecule has 2 aliphatic rings. The number of hydrogen-bond donors (Lipinski definition) is 0. The largest absolute Gasteiger partial charge is 0.374 e. The highest BCUT2D eigenvalue weighted by molar-refractivity contribution is 5.19. The van der Waals surface area contributed by atoms with Crippen molar-refractivity contribution in [1.82, 2.24) is 0 Å². The first-order valence-electron chi connectivity index (χ1n) is 25.9. The Bertz CT molecular complexity index is 2630. The monoisotopic (exact) mass is 1010 g/mol. The summed E-state index contributed by atoms with van der Waals surface area (Å²) in [4.78, 5) is 0. The first-order valence-corrected chi connectivity index (χ1v) is 25.9. The lowest BCUT2D eigenvalue weighted by atomic mass is 9.95. The van der Waals surface area contributed by atoms with E-state index < -0.39 is 61.4 Å². The molecular formula is C64H68O11. The molecular weight excluding hydrogens is 945 g/mol. The predicted molar refractivity (Wildman–Crippen MR) is 286 cm³/mol. The number of benzene rings is 7. The van der Waals surface area contributed by atoms with Crippen LogP contribution in [0.25, 0.3) is 0 Å². The Kier molecular flexibility index (Phi) is 20.9. The van der Waals surface area contributed by atoms with E-state index in [9.17, 15) is 0 Å². The lowest BCUT2D eigenvalue weighted by Gasteiger charge is -2.50. The molecule has 2 fully saturated rings. The molecule has 11 nitrogen and oxygen atoms in total. The van der Waals surface area contributed by atoms with Crippen LogP contribution < -0.4 is 0 Å². The van der Waals surface area contributed by atoms with Crippen LogP contribution in [-0.2, 0) is 98.4 Å². The van der Waals surface area contributed by atoms with Crippen LogP contribution in [0.1, 0.15) is 38.9 Å². The third-order valence-corrected chi connectivity index (χ3v) is 13.1. The fourth-order valence-corrected chi connectivity index (χ4v) is 9.25. The quantitative estimate of drug-likeness (QED) is 0.0438. The van der Waals surface area contributed by atoms with Gasteiger partial charge in [0, 0.05) is 0 Å². The highest BCUT2D eigenvalue weighted by Gasteiger charge is 2.54. The lowest BCUT2D eigenvalue weighted by Crippen LogP contribution is -2.66. The minimum Gasteiger partial charge on any atom is -0.374 e. The topological polar surface area (TPSA) is 102 Å². The lowest BCUT2D eigenvalue weighted by molar-refractivity contribution is -0.377. The molecule has 390 valence electrons. The molecule has 0 amide bonds. The van der Waals surface area contributed by atoms with Crippen molar-refractivity contribution in [3.8, 4) is 0 Å². The molecule has 0 radical (unpaired) electrons. The third-order valence-electron chi connectivity index (χ3n) is 13.1. The molecule has 7 aromatic carbocycles. The molecule has 75 heavy (non-hydrogen) atoms. The van der Waals surface area contributed by atoms with Gasteiger partial charge in [-0.1, -0.05) is 218 Å². The van der Waals surface area contributed by atoms with E-state index in [1.54, 1.807) is 6.08 Å². The van der Waals surface area contributed by atoms with Crippen LogP contribution in [0.5, 0.6) is 0 Å². The second-order valence-electron chi connectivity index (χ2n) is 18.6. The van der Waals surface area contributed by atoms with Gasteiger partial charge >= 0.3 is 0 Å². The minimum absolute atomic E-state index is 0.104. The normalized spacial score (nSPS) is 23.6. The molecule has 10 atom stereocenters. The molecule has 0 N–H and O–H groups in total. The van der Waals surface area contributed by atoms with Crippen LogP contribution in [0.3, 0.4) is 0 Å². The van der Waals surface area contributed by atoms with Gasteiger partial charge in [-0.2, -0.15) is 0 Å². The SMILES string of the molecule is C=CCO[C@@H]1O[C@H](COCc2ccccc2)[C@@H](O[C@@H]2O[C@H](COCc3ccccc3)[C@@H](OCc3ccccc3)[C@H](OCc3ccccc3)[C@H]2OCc2ccccc2)[C@H](OCc2ccccc2)[C@H]1OCc1ccccc1. The van der Waals surface area contributed by atoms with E-state index in [0.29, 0.717) is 13.2 Å². The zero-order chi connectivity index (χ0) is 51.1. The smallest absolute Gasteiger partial charge is 0.187 e. The molecule has 0 spiro atoms. The third kappa shape index (κ3) is 16.2. The van der Waals surface area contributed by atoms with Crippen LogP contribution in [0.2, 0.25) is 0 Å². The minimum atomic E-state index is -1.11. The van der Waals surface area contributed by atoms with Gasteiger partial charge in [-0.05, 0) is 38.9 Å². The standard InChI is InChI=1S/C64H68O11/c1-2-38-67-63-61(71-44-53-34-20-8-21-35-53)60(70-43-52-32-18-7-19-33-52)58(56(73-63)47-66-40-49-26-12-4-13-27-49)75-64-62(72-45-54-36-22-9-23-37-54)59(69-42-51-30-16-6-17-31-51)57(68-41-50-28-14-5-15-29-50)55(74-64)46-65-39-48-24-10-3-11-25-48/h2-37,55-64H,1,38-47H2/t55-,56-,57-,58-,59+,60+,61-,62-,63-,64+/m1/s1. The van der Waals surface area contributed by atoms with E-state index in [4.69, 9.17) is 52.1 Å². The predicted octanol–water partition coefficient (Wildman–Crippen LogP) is 11.4. The molecule has 0 saturated carbocycles. The van der Waals surface area contributed by atoms with E-state index in [1.807, 2.05) is 212 Å². The molecule has 7 aromatic rings. The van der Waals surface area contributed by atoms with Crippen molar-refractivity contribution in [2.45, 2.75) is 108 Å². The molecule has 2 saturated heterocycles. The van der Waals surface area contributed by atoms with Crippen molar-refractivity contribution in [2.75, 3.05) is 19.8 Å². The molecule has 2 aliphatic heterocycles. The van der Waals surface area contributed by atoms with E-state index in [2.05, 4.69) is 6.58 Å². The fraction of sp³-hybridized carbons (Fsp3) is 0.312. The summed E-state index contributed by atoms with van der Waals surface area (Å²) in [5.41, 5.74) is 6.90. The van der Waals surface area contributed by atoms with Gasteiger partial charge in [0.25, 0.3) is 0 Å². The van der Waals surface area contributed by atoms with E-state index >= 15 is 0 Å². The second kappa shape index (κ2) is 29.2. The van der Waals surface area contributed by atoms with Gasteiger partial charge in [0.2, 0.25) is 0 Å². The number of ether oxygens (including phenoxy) is 11. The van der Waals surface area contributed by atoms with Crippen molar-refractivity contribution >= 4 is 0 Å². The Morgan fingerprint density at radius 2 is 0.587 bits per heavy atom. The maximum atomic E-state index is 7.55. The molecule has 0 aliphatic carbocycles. The Morgan fingerprint density at radius 1 is 0.307 bits per heavy atom. The Labute approximate surface area is 441 Å². The number of hydrogen-bond acceptors (Lipinski definition) is 11. The highest BCUT2D eigenvalue weighted by atomic mass is 16.8. The van der Waals surface area contributed by atoms with Crippen molar-refractivity contribution in [3.63, 3.8) is 0 Å².